The summed E-state index contributed by atoms with van der Waals surface area (Å²) in [7, 11) is 0. The summed E-state index contributed by atoms with van der Waals surface area (Å²) >= 11 is 0. The van der Waals surface area contributed by atoms with Crippen molar-refractivity contribution in [1.29, 1.82) is 0 Å². The largest absolute Gasteiger partial charge is 0.508 e. The number of phenols is 1. The van der Waals surface area contributed by atoms with Crippen molar-refractivity contribution in [2.24, 2.45) is 5.73 Å². The average molecular weight is 333 g/mol. The van der Waals surface area contributed by atoms with Crippen LogP contribution in [0.1, 0.15) is 22.6 Å². The van der Waals surface area contributed by atoms with Gasteiger partial charge in [-0.05, 0) is 53.9 Å². The highest BCUT2D eigenvalue weighted by atomic mass is 16.5. The summed E-state index contributed by atoms with van der Waals surface area (Å²) in [5, 5.41) is 9.42. The first-order chi connectivity index (χ1) is 12.2. The van der Waals surface area contributed by atoms with Crippen molar-refractivity contribution in [3.05, 3.63) is 95.6 Å². The van der Waals surface area contributed by atoms with Crippen molar-refractivity contribution < 1.29 is 9.84 Å². The first-order valence-corrected chi connectivity index (χ1v) is 8.49. The smallest absolute Gasteiger partial charge is 0.119 e. The summed E-state index contributed by atoms with van der Waals surface area (Å²) in [5.74, 6) is 1.37. The SMILES string of the molecule is NCC(Cc1ccc(OCc2ccccc2)cc1)c1ccc(O)cc1. The van der Waals surface area contributed by atoms with Crippen LogP contribution < -0.4 is 10.5 Å². The Kier molecular flexibility index (Phi) is 5.70. The van der Waals surface area contributed by atoms with Gasteiger partial charge in [0.2, 0.25) is 0 Å². The fourth-order valence-electron chi connectivity index (χ4n) is 2.83. The molecule has 0 aliphatic rings. The molecule has 3 aromatic rings. The molecule has 0 radical (unpaired) electrons. The summed E-state index contributed by atoms with van der Waals surface area (Å²) in [6.07, 6.45) is 0.861. The van der Waals surface area contributed by atoms with Crippen molar-refractivity contribution in [1.82, 2.24) is 0 Å². The fourth-order valence-corrected chi connectivity index (χ4v) is 2.83. The third-order valence-electron chi connectivity index (χ3n) is 4.30. The van der Waals surface area contributed by atoms with Gasteiger partial charge >= 0.3 is 0 Å². The number of rotatable bonds is 7. The monoisotopic (exact) mass is 333 g/mol. The van der Waals surface area contributed by atoms with Crippen molar-refractivity contribution >= 4 is 0 Å². The summed E-state index contributed by atoms with van der Waals surface area (Å²) in [5.41, 5.74) is 9.46. The molecule has 0 saturated carbocycles. The predicted molar refractivity (Wildman–Crippen MR) is 101 cm³/mol. The Morgan fingerprint density at radius 1 is 0.800 bits per heavy atom. The van der Waals surface area contributed by atoms with E-state index < -0.39 is 0 Å². The van der Waals surface area contributed by atoms with Crippen molar-refractivity contribution in [3.8, 4) is 11.5 Å². The Labute approximate surface area is 148 Å². The van der Waals surface area contributed by atoms with E-state index >= 15 is 0 Å². The van der Waals surface area contributed by atoms with Crippen LogP contribution in [-0.4, -0.2) is 11.7 Å². The number of nitrogens with two attached hydrogens (primary N) is 1. The highest BCUT2D eigenvalue weighted by Gasteiger charge is 2.11. The van der Waals surface area contributed by atoms with Gasteiger partial charge < -0.3 is 15.6 Å². The summed E-state index contributed by atoms with van der Waals surface area (Å²) < 4.78 is 5.82. The van der Waals surface area contributed by atoms with Gasteiger partial charge in [-0.3, -0.25) is 0 Å². The van der Waals surface area contributed by atoms with E-state index in [-0.39, 0.29) is 11.7 Å². The van der Waals surface area contributed by atoms with Crippen LogP contribution in [0, 0.1) is 0 Å². The molecule has 0 saturated heterocycles. The Morgan fingerprint density at radius 3 is 2.12 bits per heavy atom. The zero-order chi connectivity index (χ0) is 17.5. The molecule has 0 spiro atoms. The van der Waals surface area contributed by atoms with E-state index in [2.05, 4.69) is 24.3 Å². The van der Waals surface area contributed by atoms with E-state index in [1.54, 1.807) is 12.1 Å². The second-order valence-corrected chi connectivity index (χ2v) is 6.15. The highest BCUT2D eigenvalue weighted by molar-refractivity contribution is 5.32. The molecular formula is C22H23NO2. The molecule has 0 fully saturated rings. The second kappa shape index (κ2) is 8.36. The summed E-state index contributed by atoms with van der Waals surface area (Å²) in [4.78, 5) is 0. The molecule has 3 rings (SSSR count). The molecule has 3 N–H and O–H groups in total. The number of phenolic OH excluding ortho intramolecular Hbond substituents is 1. The minimum absolute atomic E-state index is 0.233. The molecule has 0 aromatic heterocycles. The van der Waals surface area contributed by atoms with Gasteiger partial charge in [0, 0.05) is 5.92 Å². The fraction of sp³-hybridized carbons (Fsp3) is 0.182. The highest BCUT2D eigenvalue weighted by Crippen LogP contribution is 2.23. The normalized spacial score (nSPS) is 11.9. The van der Waals surface area contributed by atoms with Gasteiger partial charge in [0.15, 0.2) is 0 Å². The molecule has 25 heavy (non-hydrogen) atoms. The van der Waals surface area contributed by atoms with Crippen LogP contribution in [0.3, 0.4) is 0 Å². The van der Waals surface area contributed by atoms with Gasteiger partial charge in [-0.2, -0.15) is 0 Å². The Morgan fingerprint density at radius 2 is 1.48 bits per heavy atom. The van der Waals surface area contributed by atoms with Crippen LogP contribution in [0.5, 0.6) is 11.5 Å². The van der Waals surface area contributed by atoms with E-state index in [0.717, 1.165) is 23.3 Å². The summed E-state index contributed by atoms with van der Waals surface area (Å²) in [6, 6.07) is 25.6. The van der Waals surface area contributed by atoms with Gasteiger partial charge in [-0.25, -0.2) is 0 Å². The lowest BCUT2D eigenvalue weighted by Crippen LogP contribution is -2.15. The molecule has 0 bridgehead atoms. The van der Waals surface area contributed by atoms with Gasteiger partial charge in [-0.15, -0.1) is 0 Å². The Hall–Kier alpha value is -2.78. The Balaban J connectivity index is 1.60. The van der Waals surface area contributed by atoms with Gasteiger partial charge in [0.05, 0.1) is 0 Å². The quantitative estimate of drug-likeness (QED) is 0.679. The number of hydrogen-bond acceptors (Lipinski definition) is 3. The topological polar surface area (TPSA) is 55.5 Å². The Bertz CT molecular complexity index is 767. The van der Waals surface area contributed by atoms with Crippen LogP contribution in [0.4, 0.5) is 0 Å². The van der Waals surface area contributed by atoms with E-state index in [1.165, 1.54) is 5.56 Å². The van der Waals surface area contributed by atoms with Crippen LogP contribution in [-0.2, 0) is 13.0 Å². The van der Waals surface area contributed by atoms with E-state index in [1.807, 2.05) is 42.5 Å². The van der Waals surface area contributed by atoms with Crippen LogP contribution in [0.2, 0.25) is 0 Å². The number of benzene rings is 3. The van der Waals surface area contributed by atoms with Crippen molar-refractivity contribution in [3.63, 3.8) is 0 Å². The third-order valence-corrected chi connectivity index (χ3v) is 4.30. The molecule has 0 aliphatic carbocycles. The molecule has 0 amide bonds. The minimum Gasteiger partial charge on any atom is -0.508 e. The van der Waals surface area contributed by atoms with Crippen LogP contribution in [0.15, 0.2) is 78.9 Å². The van der Waals surface area contributed by atoms with E-state index in [4.69, 9.17) is 10.5 Å². The van der Waals surface area contributed by atoms with Crippen LogP contribution >= 0.6 is 0 Å². The molecule has 1 atom stereocenters. The minimum atomic E-state index is 0.233. The van der Waals surface area contributed by atoms with Gasteiger partial charge in [-0.1, -0.05) is 54.6 Å². The van der Waals surface area contributed by atoms with Gasteiger partial charge in [0.25, 0.3) is 0 Å². The van der Waals surface area contributed by atoms with E-state index in [0.29, 0.717) is 13.2 Å². The first kappa shape index (κ1) is 17.1. The maximum atomic E-state index is 9.42. The standard InChI is InChI=1S/C22H23NO2/c23-15-20(19-8-10-21(24)11-9-19)14-17-6-12-22(13-7-17)25-16-18-4-2-1-3-5-18/h1-13,20,24H,14-16,23H2. The van der Waals surface area contributed by atoms with Gasteiger partial charge in [0.1, 0.15) is 18.1 Å². The zero-order valence-electron chi connectivity index (χ0n) is 14.1. The molecule has 0 heterocycles. The van der Waals surface area contributed by atoms with Crippen molar-refractivity contribution in [2.75, 3.05) is 6.54 Å². The molecular weight excluding hydrogens is 310 g/mol. The van der Waals surface area contributed by atoms with Crippen molar-refractivity contribution in [2.45, 2.75) is 18.9 Å². The zero-order valence-corrected chi connectivity index (χ0v) is 14.1. The predicted octanol–water partition coefficient (Wildman–Crippen LogP) is 4.26. The lowest BCUT2D eigenvalue weighted by atomic mass is 9.92. The maximum absolute atomic E-state index is 9.42. The molecule has 3 heteroatoms. The number of aromatic hydroxyl groups is 1. The third kappa shape index (κ3) is 4.85. The summed E-state index contributed by atoms with van der Waals surface area (Å²) in [6.45, 7) is 1.14. The maximum Gasteiger partial charge on any atom is 0.119 e. The molecule has 0 aliphatic heterocycles. The molecule has 128 valence electrons. The number of ether oxygens (including phenoxy) is 1. The second-order valence-electron chi connectivity index (χ2n) is 6.15. The molecule has 1 unspecified atom stereocenters. The average Bonchev–Trinajstić information content (AvgIpc) is 2.67. The van der Waals surface area contributed by atoms with Crippen LogP contribution in [0.25, 0.3) is 0 Å². The molecule has 3 aromatic carbocycles. The number of hydrogen-bond donors (Lipinski definition) is 2. The van der Waals surface area contributed by atoms with E-state index in [9.17, 15) is 5.11 Å². The lowest BCUT2D eigenvalue weighted by molar-refractivity contribution is 0.306. The molecule has 3 nitrogen and oxygen atoms in total. The lowest BCUT2D eigenvalue weighted by Gasteiger charge is -2.16. The first-order valence-electron chi connectivity index (χ1n) is 8.49.